The Morgan fingerprint density at radius 1 is 1.08 bits per heavy atom. The molecule has 1 aromatic rings. The maximum Gasteiger partial charge on any atom is 0.0502 e. The molecule has 0 aromatic heterocycles. The lowest BCUT2D eigenvalue weighted by Gasteiger charge is -2.02. The molecule has 0 saturated heterocycles. The second-order valence-corrected chi connectivity index (χ2v) is 3.79. The van der Waals surface area contributed by atoms with E-state index in [0.29, 0.717) is 0 Å². The third-order valence-corrected chi connectivity index (χ3v) is 2.40. The van der Waals surface area contributed by atoms with Gasteiger partial charge in [-0.1, -0.05) is 40.2 Å². The van der Waals surface area contributed by atoms with E-state index in [9.17, 15) is 0 Å². The highest BCUT2D eigenvalue weighted by Crippen LogP contribution is 2.06. The van der Waals surface area contributed by atoms with Gasteiger partial charge < -0.3 is 4.74 Å². The van der Waals surface area contributed by atoms with Crippen LogP contribution in [0, 0.1) is 0 Å². The van der Waals surface area contributed by atoms with Crippen LogP contribution in [0.2, 0.25) is 0 Å². The summed E-state index contributed by atoms with van der Waals surface area (Å²) < 4.78 is 5.02. The SMILES string of the molecule is COCCc1ccc(CCBr)cc1. The predicted octanol–water partition coefficient (Wildman–Crippen LogP) is 2.81. The Balaban J connectivity index is 2.48. The molecule has 13 heavy (non-hydrogen) atoms. The van der Waals surface area contributed by atoms with Crippen LogP contribution < -0.4 is 0 Å². The molecule has 1 rings (SSSR count). The van der Waals surface area contributed by atoms with Crippen LogP contribution in [0.3, 0.4) is 0 Å². The van der Waals surface area contributed by atoms with E-state index in [4.69, 9.17) is 4.74 Å². The first-order valence-corrected chi connectivity index (χ1v) is 5.61. The monoisotopic (exact) mass is 242 g/mol. The maximum absolute atomic E-state index is 5.02. The molecule has 1 aromatic carbocycles. The van der Waals surface area contributed by atoms with Crippen molar-refractivity contribution in [2.75, 3.05) is 19.0 Å². The summed E-state index contributed by atoms with van der Waals surface area (Å²) in [6.45, 7) is 0.803. The van der Waals surface area contributed by atoms with Crippen LogP contribution in [0.5, 0.6) is 0 Å². The first-order valence-electron chi connectivity index (χ1n) is 4.49. The molecule has 2 heteroatoms. The van der Waals surface area contributed by atoms with Gasteiger partial charge in [-0.2, -0.15) is 0 Å². The molecule has 0 aliphatic carbocycles. The third-order valence-electron chi connectivity index (χ3n) is 2.00. The molecule has 1 nitrogen and oxygen atoms in total. The quantitative estimate of drug-likeness (QED) is 0.722. The van der Waals surface area contributed by atoms with Crippen molar-refractivity contribution in [3.05, 3.63) is 35.4 Å². The van der Waals surface area contributed by atoms with Crippen molar-refractivity contribution in [1.82, 2.24) is 0 Å². The summed E-state index contributed by atoms with van der Waals surface area (Å²) >= 11 is 3.43. The second kappa shape index (κ2) is 6.17. The lowest BCUT2D eigenvalue weighted by atomic mass is 10.1. The summed E-state index contributed by atoms with van der Waals surface area (Å²) in [5.74, 6) is 0. The molecule has 0 N–H and O–H groups in total. The van der Waals surface area contributed by atoms with Crippen LogP contribution in [0.1, 0.15) is 11.1 Å². The van der Waals surface area contributed by atoms with E-state index in [0.717, 1.165) is 24.8 Å². The van der Waals surface area contributed by atoms with E-state index in [1.165, 1.54) is 11.1 Å². The first-order chi connectivity index (χ1) is 6.36. The summed E-state index contributed by atoms with van der Waals surface area (Å²) in [6, 6.07) is 8.73. The lowest BCUT2D eigenvalue weighted by molar-refractivity contribution is 0.202. The third kappa shape index (κ3) is 3.92. The van der Waals surface area contributed by atoms with Crippen LogP contribution in [-0.2, 0) is 17.6 Å². The Morgan fingerprint density at radius 2 is 1.62 bits per heavy atom. The van der Waals surface area contributed by atoms with Crippen LogP contribution in [-0.4, -0.2) is 19.0 Å². The maximum atomic E-state index is 5.02. The standard InChI is InChI=1S/C11H15BrO/c1-13-9-7-11-4-2-10(3-5-11)6-8-12/h2-5H,6-9H2,1H3. The largest absolute Gasteiger partial charge is 0.384 e. The van der Waals surface area contributed by atoms with E-state index >= 15 is 0 Å². The zero-order valence-electron chi connectivity index (χ0n) is 7.92. The summed E-state index contributed by atoms with van der Waals surface area (Å²) in [6.07, 6.45) is 2.11. The van der Waals surface area contributed by atoms with Crippen LogP contribution in [0.4, 0.5) is 0 Å². The number of ether oxygens (including phenoxy) is 1. The van der Waals surface area contributed by atoms with Crippen LogP contribution in [0.25, 0.3) is 0 Å². The molecule has 0 amide bonds. The second-order valence-electron chi connectivity index (χ2n) is 3.00. The average molecular weight is 243 g/mol. The van der Waals surface area contributed by atoms with E-state index in [1.54, 1.807) is 7.11 Å². The molecular weight excluding hydrogens is 228 g/mol. The lowest BCUT2D eigenvalue weighted by Crippen LogP contribution is -1.94. The Morgan fingerprint density at radius 3 is 2.08 bits per heavy atom. The van der Waals surface area contributed by atoms with Crippen molar-refractivity contribution in [2.45, 2.75) is 12.8 Å². The summed E-state index contributed by atoms with van der Waals surface area (Å²) in [7, 11) is 1.74. The number of hydrogen-bond donors (Lipinski definition) is 0. The fourth-order valence-electron chi connectivity index (χ4n) is 1.20. The van der Waals surface area contributed by atoms with Gasteiger partial charge in [0.1, 0.15) is 0 Å². The Kier molecular flexibility index (Phi) is 5.09. The minimum atomic E-state index is 0.803. The van der Waals surface area contributed by atoms with Gasteiger partial charge in [-0.05, 0) is 24.0 Å². The molecule has 0 fully saturated rings. The molecule has 0 spiro atoms. The fraction of sp³-hybridized carbons (Fsp3) is 0.455. The van der Waals surface area contributed by atoms with Crippen molar-refractivity contribution in [2.24, 2.45) is 0 Å². The number of hydrogen-bond acceptors (Lipinski definition) is 1. The molecule has 0 unspecified atom stereocenters. The molecule has 0 heterocycles. The van der Waals surface area contributed by atoms with Crippen molar-refractivity contribution >= 4 is 15.9 Å². The number of halogens is 1. The molecular formula is C11H15BrO. The molecule has 0 saturated carbocycles. The smallest absolute Gasteiger partial charge is 0.0502 e. The fourth-order valence-corrected chi connectivity index (χ4v) is 1.66. The van der Waals surface area contributed by atoms with Gasteiger partial charge in [-0.25, -0.2) is 0 Å². The summed E-state index contributed by atoms with van der Waals surface area (Å²) in [5, 5.41) is 1.03. The van der Waals surface area contributed by atoms with Crippen LogP contribution >= 0.6 is 15.9 Å². The van der Waals surface area contributed by atoms with Gasteiger partial charge in [0.25, 0.3) is 0 Å². The van der Waals surface area contributed by atoms with E-state index in [2.05, 4.69) is 40.2 Å². The normalized spacial score (nSPS) is 10.3. The number of benzene rings is 1. The summed E-state index contributed by atoms with van der Waals surface area (Å²) in [4.78, 5) is 0. The number of alkyl halides is 1. The Labute approximate surface area is 88.2 Å². The van der Waals surface area contributed by atoms with Gasteiger partial charge in [-0.3, -0.25) is 0 Å². The van der Waals surface area contributed by atoms with Crippen LogP contribution in [0.15, 0.2) is 24.3 Å². The highest BCUT2D eigenvalue weighted by atomic mass is 79.9. The van der Waals surface area contributed by atoms with Gasteiger partial charge >= 0.3 is 0 Å². The predicted molar refractivity (Wildman–Crippen MR) is 59.5 cm³/mol. The van der Waals surface area contributed by atoms with Crippen molar-refractivity contribution in [3.8, 4) is 0 Å². The van der Waals surface area contributed by atoms with Crippen molar-refractivity contribution in [3.63, 3.8) is 0 Å². The molecule has 0 radical (unpaired) electrons. The Bertz CT molecular complexity index is 230. The first kappa shape index (κ1) is 10.7. The van der Waals surface area contributed by atoms with Crippen molar-refractivity contribution < 1.29 is 4.74 Å². The zero-order valence-corrected chi connectivity index (χ0v) is 9.51. The van der Waals surface area contributed by atoms with Gasteiger partial charge in [0.2, 0.25) is 0 Å². The van der Waals surface area contributed by atoms with Gasteiger partial charge in [0.15, 0.2) is 0 Å². The molecule has 0 aliphatic rings. The highest BCUT2D eigenvalue weighted by Gasteiger charge is 1.93. The average Bonchev–Trinajstić information content (AvgIpc) is 2.17. The summed E-state index contributed by atoms with van der Waals surface area (Å²) in [5.41, 5.74) is 2.73. The zero-order chi connectivity index (χ0) is 9.52. The van der Waals surface area contributed by atoms with E-state index < -0.39 is 0 Å². The number of aryl methyl sites for hydroxylation is 1. The van der Waals surface area contributed by atoms with Gasteiger partial charge in [0.05, 0.1) is 6.61 Å². The van der Waals surface area contributed by atoms with E-state index in [1.807, 2.05) is 0 Å². The van der Waals surface area contributed by atoms with Crippen molar-refractivity contribution in [1.29, 1.82) is 0 Å². The Hall–Kier alpha value is -0.340. The number of rotatable bonds is 5. The van der Waals surface area contributed by atoms with Gasteiger partial charge in [-0.15, -0.1) is 0 Å². The minimum Gasteiger partial charge on any atom is -0.384 e. The van der Waals surface area contributed by atoms with E-state index in [-0.39, 0.29) is 0 Å². The number of methoxy groups -OCH3 is 1. The molecule has 0 bridgehead atoms. The topological polar surface area (TPSA) is 9.23 Å². The molecule has 72 valence electrons. The highest BCUT2D eigenvalue weighted by molar-refractivity contribution is 9.09. The minimum absolute atomic E-state index is 0.803. The van der Waals surface area contributed by atoms with Gasteiger partial charge in [0, 0.05) is 12.4 Å². The molecule has 0 aliphatic heterocycles. The molecule has 0 atom stereocenters.